The van der Waals surface area contributed by atoms with E-state index in [-0.39, 0.29) is 16.3 Å². The monoisotopic (exact) mass is 297 g/mol. The molecule has 0 bridgehead atoms. The van der Waals surface area contributed by atoms with Crippen LogP contribution in [0.3, 0.4) is 0 Å². The Morgan fingerprint density at radius 1 is 1.42 bits per heavy atom. The molecular weight excluding hydrogens is 287 g/mol. The molecule has 106 valence electrons. The van der Waals surface area contributed by atoms with E-state index in [4.69, 9.17) is 11.6 Å². The summed E-state index contributed by atoms with van der Waals surface area (Å²) in [7, 11) is 2.68. The second-order valence-corrected chi connectivity index (χ2v) is 3.94. The fraction of sp³-hybridized carbons (Fsp3) is 0.364. The average Bonchev–Trinajstić information content (AvgIpc) is 2.34. The number of hydrogen-bond donors (Lipinski definition) is 0. The van der Waals surface area contributed by atoms with Crippen LogP contribution < -0.4 is 4.74 Å². The molecule has 4 nitrogen and oxygen atoms in total. The number of hydroxylamine groups is 2. The van der Waals surface area contributed by atoms with E-state index in [0.29, 0.717) is 0 Å². The molecule has 1 aromatic carbocycles. The molecule has 0 saturated carbocycles. The summed E-state index contributed by atoms with van der Waals surface area (Å²) in [6.45, 7) is -1.42. The summed E-state index contributed by atoms with van der Waals surface area (Å²) in [5.74, 6) is -0.589. The average molecular weight is 298 g/mol. The van der Waals surface area contributed by atoms with Gasteiger partial charge in [0.25, 0.3) is 5.91 Å². The number of alkyl halides is 3. The van der Waals surface area contributed by atoms with Crippen molar-refractivity contribution in [1.82, 2.24) is 5.06 Å². The van der Waals surface area contributed by atoms with Gasteiger partial charge in [-0.25, -0.2) is 5.06 Å². The van der Waals surface area contributed by atoms with Gasteiger partial charge in [0, 0.05) is 7.05 Å². The standard InChI is InChI=1S/C11H11ClF3NO3/c1-16(18-2)10(17)8-4-3-7(5-9(8)12)19-6-11(13,14)15/h3-5H,6H2,1-2H3. The summed E-state index contributed by atoms with van der Waals surface area (Å²) in [6, 6.07) is 3.64. The van der Waals surface area contributed by atoms with Gasteiger partial charge < -0.3 is 4.74 Å². The van der Waals surface area contributed by atoms with Gasteiger partial charge in [-0.1, -0.05) is 11.6 Å². The van der Waals surface area contributed by atoms with E-state index in [9.17, 15) is 18.0 Å². The van der Waals surface area contributed by atoms with Crippen molar-refractivity contribution in [3.8, 4) is 5.75 Å². The maximum absolute atomic E-state index is 12.0. The van der Waals surface area contributed by atoms with Crippen LogP contribution >= 0.6 is 11.6 Å². The maximum atomic E-state index is 12.0. The van der Waals surface area contributed by atoms with Gasteiger partial charge in [0.2, 0.25) is 0 Å². The summed E-state index contributed by atoms with van der Waals surface area (Å²) in [4.78, 5) is 16.4. The van der Waals surface area contributed by atoms with Crippen molar-refractivity contribution in [3.05, 3.63) is 28.8 Å². The molecule has 8 heteroatoms. The van der Waals surface area contributed by atoms with E-state index in [1.165, 1.54) is 26.3 Å². The Hall–Kier alpha value is -1.47. The van der Waals surface area contributed by atoms with Gasteiger partial charge in [-0.15, -0.1) is 0 Å². The van der Waals surface area contributed by atoms with Gasteiger partial charge in [0.1, 0.15) is 5.75 Å². The summed E-state index contributed by atoms with van der Waals surface area (Å²) in [5.41, 5.74) is 0.102. The first-order chi connectivity index (χ1) is 8.74. The van der Waals surface area contributed by atoms with Gasteiger partial charge in [-0.2, -0.15) is 13.2 Å². The molecule has 19 heavy (non-hydrogen) atoms. The zero-order chi connectivity index (χ0) is 14.6. The molecular formula is C11H11ClF3NO3. The van der Waals surface area contributed by atoms with Gasteiger partial charge in [0.05, 0.1) is 17.7 Å². The Balaban J connectivity index is 2.83. The van der Waals surface area contributed by atoms with Crippen LogP contribution in [0.5, 0.6) is 5.75 Å². The van der Waals surface area contributed by atoms with Crippen LogP contribution in [0.25, 0.3) is 0 Å². The number of hydrogen-bond acceptors (Lipinski definition) is 3. The number of rotatable bonds is 4. The predicted octanol–water partition coefficient (Wildman–Crippen LogP) is 2.91. The second-order valence-electron chi connectivity index (χ2n) is 3.53. The largest absolute Gasteiger partial charge is 0.484 e. The van der Waals surface area contributed by atoms with E-state index < -0.39 is 18.7 Å². The van der Waals surface area contributed by atoms with E-state index in [2.05, 4.69) is 9.57 Å². The summed E-state index contributed by atoms with van der Waals surface area (Å²) >= 11 is 5.81. The Morgan fingerprint density at radius 2 is 2.05 bits per heavy atom. The lowest BCUT2D eigenvalue weighted by Gasteiger charge is -2.15. The summed E-state index contributed by atoms with van der Waals surface area (Å²) < 4.78 is 40.4. The van der Waals surface area contributed by atoms with Crippen LogP contribution in [0.1, 0.15) is 10.4 Å². The van der Waals surface area contributed by atoms with Gasteiger partial charge >= 0.3 is 6.18 Å². The zero-order valence-electron chi connectivity index (χ0n) is 10.1. The Bertz CT molecular complexity index is 465. The second kappa shape index (κ2) is 6.12. The molecule has 0 aliphatic heterocycles. The van der Waals surface area contributed by atoms with Crippen LogP contribution in [0.15, 0.2) is 18.2 Å². The molecule has 0 saturated heterocycles. The van der Waals surface area contributed by atoms with Crippen LogP contribution in [0.4, 0.5) is 13.2 Å². The zero-order valence-corrected chi connectivity index (χ0v) is 10.9. The molecule has 0 N–H and O–H groups in total. The molecule has 1 aromatic rings. The molecule has 1 rings (SSSR count). The minimum Gasteiger partial charge on any atom is -0.484 e. The smallest absolute Gasteiger partial charge is 0.422 e. The third-order valence-corrected chi connectivity index (χ3v) is 2.45. The van der Waals surface area contributed by atoms with Crippen LogP contribution in [-0.2, 0) is 4.84 Å². The SMILES string of the molecule is CON(C)C(=O)c1ccc(OCC(F)(F)F)cc1Cl. The third-order valence-electron chi connectivity index (χ3n) is 2.13. The molecule has 0 aliphatic rings. The minimum atomic E-state index is -4.43. The molecule has 0 fully saturated rings. The van der Waals surface area contributed by atoms with Crippen molar-refractivity contribution in [1.29, 1.82) is 0 Å². The quantitative estimate of drug-likeness (QED) is 0.802. The number of carbonyl (C=O) groups excluding carboxylic acids is 1. The fourth-order valence-corrected chi connectivity index (χ4v) is 1.43. The van der Waals surface area contributed by atoms with E-state index in [1.807, 2.05) is 0 Å². The number of benzene rings is 1. The number of halogens is 4. The van der Waals surface area contributed by atoms with E-state index in [0.717, 1.165) is 11.1 Å². The third kappa shape index (κ3) is 4.60. The van der Waals surface area contributed by atoms with Crippen molar-refractivity contribution in [2.24, 2.45) is 0 Å². The Labute approximate surface area is 112 Å². The van der Waals surface area contributed by atoms with Gasteiger partial charge in [-0.05, 0) is 18.2 Å². The maximum Gasteiger partial charge on any atom is 0.422 e. The van der Waals surface area contributed by atoms with E-state index >= 15 is 0 Å². The molecule has 0 heterocycles. The van der Waals surface area contributed by atoms with Crippen molar-refractivity contribution in [2.75, 3.05) is 20.8 Å². The van der Waals surface area contributed by atoms with Crippen molar-refractivity contribution < 1.29 is 27.5 Å². The molecule has 0 unspecified atom stereocenters. The summed E-state index contributed by atoms with van der Waals surface area (Å²) in [5, 5.41) is 0.922. The number of carbonyl (C=O) groups is 1. The molecule has 1 amide bonds. The first kappa shape index (κ1) is 15.6. The molecule has 0 atom stereocenters. The van der Waals surface area contributed by atoms with E-state index in [1.54, 1.807) is 0 Å². The highest BCUT2D eigenvalue weighted by Crippen LogP contribution is 2.25. The minimum absolute atomic E-state index is 0.0198. The Kier molecular flexibility index (Phi) is 5.02. The van der Waals surface area contributed by atoms with Crippen molar-refractivity contribution in [3.63, 3.8) is 0 Å². The van der Waals surface area contributed by atoms with Crippen LogP contribution in [-0.4, -0.2) is 37.9 Å². The topological polar surface area (TPSA) is 38.8 Å². The number of nitrogens with zero attached hydrogens (tertiary/aromatic N) is 1. The highest BCUT2D eigenvalue weighted by Gasteiger charge is 2.28. The molecule has 0 aliphatic carbocycles. The van der Waals surface area contributed by atoms with Gasteiger partial charge in [-0.3, -0.25) is 9.63 Å². The summed E-state index contributed by atoms with van der Waals surface area (Å²) in [6.07, 6.45) is -4.43. The molecule has 0 spiro atoms. The lowest BCUT2D eigenvalue weighted by molar-refractivity contribution is -0.153. The lowest BCUT2D eigenvalue weighted by atomic mass is 10.2. The lowest BCUT2D eigenvalue weighted by Crippen LogP contribution is -2.25. The fourth-order valence-electron chi connectivity index (χ4n) is 1.18. The van der Waals surface area contributed by atoms with Crippen LogP contribution in [0.2, 0.25) is 5.02 Å². The predicted molar refractivity (Wildman–Crippen MR) is 62.1 cm³/mol. The highest BCUT2D eigenvalue weighted by molar-refractivity contribution is 6.33. The van der Waals surface area contributed by atoms with Gasteiger partial charge in [0.15, 0.2) is 6.61 Å². The first-order valence-corrected chi connectivity index (χ1v) is 5.43. The van der Waals surface area contributed by atoms with Crippen molar-refractivity contribution in [2.45, 2.75) is 6.18 Å². The van der Waals surface area contributed by atoms with Crippen molar-refractivity contribution >= 4 is 17.5 Å². The first-order valence-electron chi connectivity index (χ1n) is 5.06. The Morgan fingerprint density at radius 3 is 2.53 bits per heavy atom. The molecule has 0 radical (unpaired) electrons. The highest BCUT2D eigenvalue weighted by atomic mass is 35.5. The number of amides is 1. The normalized spacial score (nSPS) is 11.3. The number of ether oxygens (including phenoxy) is 1. The molecule has 0 aromatic heterocycles. The van der Waals surface area contributed by atoms with Crippen LogP contribution in [0, 0.1) is 0 Å².